The van der Waals surface area contributed by atoms with Gasteiger partial charge in [0.2, 0.25) is 11.9 Å². The molecule has 4 rings (SSSR count). The number of amides is 1. The number of hydrogen-bond donors (Lipinski definition) is 2. The summed E-state index contributed by atoms with van der Waals surface area (Å²) in [7, 11) is 0. The third kappa shape index (κ3) is 5.16. The van der Waals surface area contributed by atoms with Crippen molar-refractivity contribution in [3.63, 3.8) is 0 Å². The van der Waals surface area contributed by atoms with Gasteiger partial charge in [0.15, 0.2) is 0 Å². The van der Waals surface area contributed by atoms with E-state index in [1.807, 2.05) is 11.0 Å². The topological polar surface area (TPSA) is 103 Å². The SMILES string of the molecule is C=CC(=O)Nc1cc(F)cc(-c2nc(Nc3ccc(F)c(N4CCOCC4)c3)ncc2C#N)c1. The molecule has 0 aliphatic carbocycles. The van der Waals surface area contributed by atoms with Crippen LogP contribution >= 0.6 is 0 Å². The lowest BCUT2D eigenvalue weighted by Crippen LogP contribution is -2.36. The van der Waals surface area contributed by atoms with Gasteiger partial charge in [-0.2, -0.15) is 5.26 Å². The zero-order valence-electron chi connectivity index (χ0n) is 18.0. The number of nitrogens with zero attached hydrogens (tertiary/aromatic N) is 4. The number of aromatic nitrogens is 2. The smallest absolute Gasteiger partial charge is 0.247 e. The van der Waals surface area contributed by atoms with Crippen molar-refractivity contribution < 1.29 is 18.3 Å². The number of hydrogen-bond acceptors (Lipinski definition) is 7. The Hall–Kier alpha value is -4.36. The van der Waals surface area contributed by atoms with Crippen LogP contribution in [-0.2, 0) is 9.53 Å². The average molecular weight is 462 g/mol. The summed E-state index contributed by atoms with van der Waals surface area (Å²) in [6, 6.07) is 10.4. The van der Waals surface area contributed by atoms with Gasteiger partial charge in [0.1, 0.15) is 17.7 Å². The number of carbonyl (C=O) groups is 1. The number of halogens is 2. The lowest BCUT2D eigenvalue weighted by atomic mass is 10.1. The Morgan fingerprint density at radius 1 is 1.18 bits per heavy atom. The van der Waals surface area contributed by atoms with Gasteiger partial charge in [-0.3, -0.25) is 4.79 Å². The Morgan fingerprint density at radius 2 is 1.97 bits per heavy atom. The normalized spacial score (nSPS) is 13.1. The average Bonchev–Trinajstić information content (AvgIpc) is 2.85. The highest BCUT2D eigenvalue weighted by atomic mass is 19.1. The molecule has 0 unspecified atom stereocenters. The highest BCUT2D eigenvalue weighted by Crippen LogP contribution is 2.29. The first kappa shape index (κ1) is 22.8. The summed E-state index contributed by atoms with van der Waals surface area (Å²) in [4.78, 5) is 22.0. The second kappa shape index (κ2) is 10.1. The second-order valence-electron chi connectivity index (χ2n) is 7.38. The number of carbonyl (C=O) groups excluding carboxylic acids is 1. The molecule has 2 aromatic carbocycles. The van der Waals surface area contributed by atoms with E-state index in [9.17, 15) is 18.8 Å². The molecule has 10 heteroatoms. The first-order valence-corrected chi connectivity index (χ1v) is 10.4. The fourth-order valence-electron chi connectivity index (χ4n) is 3.50. The molecule has 1 fully saturated rings. The van der Waals surface area contributed by atoms with Crippen LogP contribution < -0.4 is 15.5 Å². The Labute approximate surface area is 194 Å². The van der Waals surface area contributed by atoms with Crippen molar-refractivity contribution in [3.8, 4) is 17.3 Å². The highest BCUT2D eigenvalue weighted by molar-refractivity contribution is 5.99. The molecule has 0 spiro atoms. The van der Waals surface area contributed by atoms with Crippen LogP contribution in [0, 0.1) is 23.0 Å². The van der Waals surface area contributed by atoms with E-state index in [1.54, 1.807) is 12.1 Å². The van der Waals surface area contributed by atoms with Crippen LogP contribution in [0.5, 0.6) is 0 Å². The molecule has 8 nitrogen and oxygen atoms in total. The van der Waals surface area contributed by atoms with Crippen molar-refractivity contribution in [1.29, 1.82) is 5.26 Å². The van der Waals surface area contributed by atoms with E-state index < -0.39 is 11.7 Å². The van der Waals surface area contributed by atoms with Crippen molar-refractivity contribution in [1.82, 2.24) is 9.97 Å². The maximum absolute atomic E-state index is 14.4. The van der Waals surface area contributed by atoms with Gasteiger partial charge in [0, 0.05) is 30.0 Å². The standard InChI is InChI=1S/C24H20F2N6O2/c1-2-22(33)29-19-10-15(9-17(25)11-19)23-16(13-27)14-28-24(31-23)30-18-3-4-20(26)21(12-18)32-5-7-34-8-6-32/h2-4,9-12,14H,1,5-8H2,(H,29,33)(H,28,30,31). The zero-order valence-corrected chi connectivity index (χ0v) is 18.0. The zero-order chi connectivity index (χ0) is 24.1. The summed E-state index contributed by atoms with van der Waals surface area (Å²) in [5, 5.41) is 15.0. The van der Waals surface area contributed by atoms with Crippen LogP contribution in [0.2, 0.25) is 0 Å². The molecule has 1 aliphatic heterocycles. The first-order chi connectivity index (χ1) is 16.5. The van der Waals surface area contributed by atoms with E-state index in [1.165, 1.54) is 24.4 Å². The molecule has 0 radical (unpaired) electrons. The summed E-state index contributed by atoms with van der Waals surface area (Å²) in [5.41, 5.74) is 1.71. The predicted molar refractivity (Wildman–Crippen MR) is 124 cm³/mol. The molecule has 1 saturated heterocycles. The molecule has 2 N–H and O–H groups in total. The van der Waals surface area contributed by atoms with Gasteiger partial charge in [0.05, 0.1) is 36.4 Å². The maximum atomic E-state index is 14.4. The molecule has 1 aliphatic rings. The minimum atomic E-state index is -0.623. The number of benzene rings is 2. The van der Waals surface area contributed by atoms with Crippen LogP contribution in [0.25, 0.3) is 11.3 Å². The minimum Gasteiger partial charge on any atom is -0.378 e. The number of anilines is 4. The molecular weight excluding hydrogens is 442 g/mol. The van der Waals surface area contributed by atoms with Gasteiger partial charge in [-0.05, 0) is 42.5 Å². The van der Waals surface area contributed by atoms with E-state index in [0.29, 0.717) is 37.7 Å². The number of rotatable bonds is 6. The number of nitrogens with one attached hydrogen (secondary N) is 2. The van der Waals surface area contributed by atoms with Crippen molar-refractivity contribution in [2.24, 2.45) is 0 Å². The Balaban J connectivity index is 1.66. The van der Waals surface area contributed by atoms with Crippen molar-refractivity contribution >= 4 is 28.9 Å². The van der Waals surface area contributed by atoms with Crippen LogP contribution in [0.4, 0.5) is 31.8 Å². The molecule has 172 valence electrons. The molecule has 3 aromatic rings. The quantitative estimate of drug-likeness (QED) is 0.534. The monoisotopic (exact) mass is 462 g/mol. The highest BCUT2D eigenvalue weighted by Gasteiger charge is 2.17. The first-order valence-electron chi connectivity index (χ1n) is 10.4. The van der Waals surface area contributed by atoms with Gasteiger partial charge in [-0.15, -0.1) is 0 Å². The molecule has 1 aromatic heterocycles. The third-order valence-electron chi connectivity index (χ3n) is 5.09. The van der Waals surface area contributed by atoms with E-state index >= 15 is 0 Å². The van der Waals surface area contributed by atoms with Gasteiger partial charge >= 0.3 is 0 Å². The van der Waals surface area contributed by atoms with Gasteiger partial charge < -0.3 is 20.3 Å². The van der Waals surface area contributed by atoms with Crippen LogP contribution in [0.3, 0.4) is 0 Å². The van der Waals surface area contributed by atoms with Gasteiger partial charge in [-0.1, -0.05) is 6.58 Å². The lowest BCUT2D eigenvalue weighted by Gasteiger charge is -2.29. The number of nitriles is 1. The molecule has 0 saturated carbocycles. The summed E-state index contributed by atoms with van der Waals surface area (Å²) < 4.78 is 34.0. The third-order valence-corrected chi connectivity index (χ3v) is 5.09. The van der Waals surface area contributed by atoms with Crippen LogP contribution in [0.1, 0.15) is 5.56 Å². The molecule has 0 atom stereocenters. The van der Waals surface area contributed by atoms with Crippen LogP contribution in [-0.4, -0.2) is 42.2 Å². The molecule has 2 heterocycles. The molecule has 0 bridgehead atoms. The largest absolute Gasteiger partial charge is 0.378 e. The van der Waals surface area contributed by atoms with Crippen molar-refractivity contribution in [2.75, 3.05) is 41.8 Å². The summed E-state index contributed by atoms with van der Waals surface area (Å²) in [6.45, 7) is 5.54. The van der Waals surface area contributed by atoms with Crippen molar-refractivity contribution in [2.45, 2.75) is 0 Å². The number of ether oxygens (including phenoxy) is 1. The fraction of sp³-hybridized carbons (Fsp3) is 0.167. The summed E-state index contributed by atoms with van der Waals surface area (Å²) >= 11 is 0. The molecule has 34 heavy (non-hydrogen) atoms. The summed E-state index contributed by atoms with van der Waals surface area (Å²) in [5.74, 6) is -1.35. The second-order valence-corrected chi connectivity index (χ2v) is 7.38. The fourth-order valence-corrected chi connectivity index (χ4v) is 3.50. The van der Waals surface area contributed by atoms with E-state index in [0.717, 1.165) is 12.1 Å². The summed E-state index contributed by atoms with van der Waals surface area (Å²) in [6.07, 6.45) is 2.37. The van der Waals surface area contributed by atoms with E-state index in [4.69, 9.17) is 4.74 Å². The maximum Gasteiger partial charge on any atom is 0.247 e. The van der Waals surface area contributed by atoms with Gasteiger partial charge in [0.25, 0.3) is 0 Å². The Morgan fingerprint density at radius 3 is 2.71 bits per heavy atom. The van der Waals surface area contributed by atoms with Gasteiger partial charge in [-0.25, -0.2) is 18.7 Å². The minimum absolute atomic E-state index is 0.116. The van der Waals surface area contributed by atoms with Crippen LogP contribution in [0.15, 0.2) is 55.3 Å². The predicted octanol–water partition coefficient (Wildman–Crippen LogP) is 4.00. The Kier molecular flexibility index (Phi) is 6.75. The lowest BCUT2D eigenvalue weighted by molar-refractivity contribution is -0.111. The van der Waals surface area contributed by atoms with Crippen molar-refractivity contribution in [3.05, 3.63) is 72.4 Å². The molecular formula is C24H20F2N6O2. The number of morpholine rings is 1. The van der Waals surface area contributed by atoms with E-state index in [-0.39, 0.29) is 34.3 Å². The van der Waals surface area contributed by atoms with E-state index in [2.05, 4.69) is 27.2 Å². The molecule has 1 amide bonds. The Bertz CT molecular complexity index is 1280.